The van der Waals surface area contributed by atoms with Crippen LogP contribution in [0.3, 0.4) is 0 Å². The van der Waals surface area contributed by atoms with Gasteiger partial charge in [0.05, 0.1) is 12.7 Å². The number of aryl methyl sites for hydroxylation is 1. The Hall–Kier alpha value is -2.38. The van der Waals surface area contributed by atoms with Crippen LogP contribution in [-0.2, 0) is 6.54 Å². The zero-order valence-electron chi connectivity index (χ0n) is 12.7. The molecule has 8 heteroatoms. The summed E-state index contributed by atoms with van der Waals surface area (Å²) < 4.78 is 1.87. The lowest BCUT2D eigenvalue weighted by Gasteiger charge is -2.19. The van der Waals surface area contributed by atoms with Gasteiger partial charge in [0.1, 0.15) is 0 Å². The number of rotatable bonds is 7. The maximum Gasteiger partial charge on any atom is 0.231 e. The summed E-state index contributed by atoms with van der Waals surface area (Å²) in [6.07, 6.45) is 3.82. The van der Waals surface area contributed by atoms with E-state index in [2.05, 4.69) is 39.2 Å². The summed E-state index contributed by atoms with van der Waals surface area (Å²) in [4.78, 5) is 14.7. The molecule has 0 saturated heterocycles. The zero-order chi connectivity index (χ0) is 15.2. The van der Waals surface area contributed by atoms with Crippen molar-refractivity contribution < 1.29 is 0 Å². The Morgan fingerprint density at radius 3 is 2.62 bits per heavy atom. The minimum Gasteiger partial charge on any atom is -0.368 e. The number of hydrogen-bond acceptors (Lipinski definition) is 7. The fourth-order valence-electron chi connectivity index (χ4n) is 1.98. The van der Waals surface area contributed by atoms with Crippen molar-refractivity contribution in [3.8, 4) is 0 Å². The van der Waals surface area contributed by atoms with Crippen LogP contribution in [0.25, 0.3) is 0 Å². The van der Waals surface area contributed by atoms with Crippen LogP contribution in [0.4, 0.5) is 17.8 Å². The molecule has 0 saturated carbocycles. The molecule has 0 radical (unpaired) electrons. The third-order valence-electron chi connectivity index (χ3n) is 3.07. The van der Waals surface area contributed by atoms with E-state index in [1.165, 1.54) is 0 Å². The minimum absolute atomic E-state index is 0.226. The molecule has 2 aromatic rings. The molecular weight excluding hydrogens is 268 g/mol. The number of aromatic nitrogens is 5. The van der Waals surface area contributed by atoms with Gasteiger partial charge in [0.2, 0.25) is 17.8 Å². The molecule has 0 spiro atoms. The van der Waals surface area contributed by atoms with Gasteiger partial charge in [-0.1, -0.05) is 0 Å². The van der Waals surface area contributed by atoms with E-state index in [-0.39, 0.29) is 5.95 Å². The summed E-state index contributed by atoms with van der Waals surface area (Å²) in [7, 11) is 0. The second-order valence-electron chi connectivity index (χ2n) is 4.70. The summed E-state index contributed by atoms with van der Waals surface area (Å²) in [5.74, 6) is 1.32. The molecule has 3 N–H and O–H groups in total. The quantitative estimate of drug-likeness (QED) is 0.782. The van der Waals surface area contributed by atoms with E-state index in [0.717, 1.165) is 25.2 Å². The molecular formula is C13H22N8. The predicted molar refractivity (Wildman–Crippen MR) is 83.3 cm³/mol. The highest BCUT2D eigenvalue weighted by molar-refractivity contribution is 5.41. The van der Waals surface area contributed by atoms with Crippen LogP contribution in [0.2, 0.25) is 0 Å². The summed E-state index contributed by atoms with van der Waals surface area (Å²) in [6.45, 7) is 9.17. The normalized spacial score (nSPS) is 10.6. The Balaban J connectivity index is 1.99. The van der Waals surface area contributed by atoms with Gasteiger partial charge < -0.3 is 16.0 Å². The molecule has 0 aliphatic rings. The van der Waals surface area contributed by atoms with Crippen molar-refractivity contribution in [2.45, 2.75) is 27.3 Å². The lowest BCUT2D eigenvalue weighted by Crippen LogP contribution is -2.25. The highest BCUT2D eigenvalue weighted by Crippen LogP contribution is 2.11. The lowest BCUT2D eigenvalue weighted by atomic mass is 10.4. The Morgan fingerprint density at radius 2 is 2.00 bits per heavy atom. The summed E-state index contributed by atoms with van der Waals surface area (Å²) in [5, 5.41) is 7.38. The van der Waals surface area contributed by atoms with Crippen molar-refractivity contribution in [3.63, 3.8) is 0 Å². The molecule has 0 amide bonds. The van der Waals surface area contributed by atoms with Gasteiger partial charge >= 0.3 is 0 Å². The van der Waals surface area contributed by atoms with Crippen molar-refractivity contribution in [3.05, 3.63) is 18.0 Å². The highest BCUT2D eigenvalue weighted by atomic mass is 15.3. The van der Waals surface area contributed by atoms with Crippen LogP contribution in [0.15, 0.2) is 12.4 Å². The smallest absolute Gasteiger partial charge is 0.231 e. The van der Waals surface area contributed by atoms with Gasteiger partial charge in [-0.2, -0.15) is 20.1 Å². The summed E-state index contributed by atoms with van der Waals surface area (Å²) in [5.41, 5.74) is 6.89. The van der Waals surface area contributed by atoms with Gasteiger partial charge in [-0.05, 0) is 26.3 Å². The Bertz CT molecular complexity index is 575. The molecule has 0 unspecified atom stereocenters. The summed E-state index contributed by atoms with van der Waals surface area (Å²) >= 11 is 0. The fourth-order valence-corrected chi connectivity index (χ4v) is 1.98. The third kappa shape index (κ3) is 4.04. The third-order valence-corrected chi connectivity index (χ3v) is 3.07. The van der Waals surface area contributed by atoms with E-state index in [4.69, 9.17) is 5.73 Å². The van der Waals surface area contributed by atoms with Gasteiger partial charge in [0, 0.05) is 25.8 Å². The topological polar surface area (TPSA) is 97.8 Å². The van der Waals surface area contributed by atoms with Crippen LogP contribution >= 0.6 is 0 Å². The number of hydrogen-bond donors (Lipinski definition) is 2. The first-order valence-corrected chi connectivity index (χ1v) is 7.11. The van der Waals surface area contributed by atoms with E-state index in [1.807, 2.05) is 28.9 Å². The van der Waals surface area contributed by atoms with Crippen LogP contribution in [-0.4, -0.2) is 44.4 Å². The van der Waals surface area contributed by atoms with Gasteiger partial charge in [0.25, 0.3) is 0 Å². The molecule has 0 aliphatic carbocycles. The van der Waals surface area contributed by atoms with E-state index < -0.39 is 0 Å². The molecule has 2 aromatic heterocycles. The molecule has 0 fully saturated rings. The van der Waals surface area contributed by atoms with Crippen molar-refractivity contribution in [1.29, 1.82) is 0 Å². The monoisotopic (exact) mass is 290 g/mol. The molecule has 2 rings (SSSR count). The van der Waals surface area contributed by atoms with Gasteiger partial charge in [0.15, 0.2) is 0 Å². The van der Waals surface area contributed by atoms with Gasteiger partial charge in [-0.15, -0.1) is 0 Å². The fraction of sp³-hybridized carbons (Fsp3) is 0.538. The molecule has 0 bridgehead atoms. The largest absolute Gasteiger partial charge is 0.368 e. The van der Waals surface area contributed by atoms with Crippen molar-refractivity contribution in [2.24, 2.45) is 0 Å². The van der Waals surface area contributed by atoms with Crippen molar-refractivity contribution in [2.75, 3.05) is 35.6 Å². The predicted octanol–water partition coefficient (Wildman–Crippen LogP) is 0.917. The van der Waals surface area contributed by atoms with Crippen LogP contribution in [0, 0.1) is 6.92 Å². The molecule has 8 nitrogen and oxygen atoms in total. The maximum absolute atomic E-state index is 5.75. The second kappa shape index (κ2) is 6.87. The maximum atomic E-state index is 5.75. The lowest BCUT2D eigenvalue weighted by molar-refractivity contribution is 0.635. The van der Waals surface area contributed by atoms with E-state index in [0.29, 0.717) is 18.4 Å². The number of nitrogen functional groups attached to an aromatic ring is 1. The minimum atomic E-state index is 0.226. The van der Waals surface area contributed by atoms with E-state index in [1.54, 1.807) is 0 Å². The number of nitrogens with zero attached hydrogens (tertiary/aromatic N) is 6. The van der Waals surface area contributed by atoms with Crippen LogP contribution in [0.5, 0.6) is 0 Å². The number of anilines is 3. The van der Waals surface area contributed by atoms with Crippen molar-refractivity contribution in [1.82, 2.24) is 24.7 Å². The Morgan fingerprint density at radius 1 is 1.24 bits per heavy atom. The van der Waals surface area contributed by atoms with Crippen molar-refractivity contribution >= 4 is 17.8 Å². The molecule has 0 aromatic carbocycles. The van der Waals surface area contributed by atoms with Crippen LogP contribution < -0.4 is 16.0 Å². The number of nitrogens with two attached hydrogens (primary N) is 1. The van der Waals surface area contributed by atoms with Gasteiger partial charge in [-0.25, -0.2) is 0 Å². The summed E-state index contributed by atoms with van der Waals surface area (Å²) in [6, 6.07) is 0. The van der Waals surface area contributed by atoms with E-state index >= 15 is 0 Å². The second-order valence-corrected chi connectivity index (χ2v) is 4.70. The SMILES string of the molecule is CCN(CC)c1nc(N)nc(NCCn2cc(C)cn2)n1. The molecule has 21 heavy (non-hydrogen) atoms. The average molecular weight is 290 g/mol. The zero-order valence-corrected chi connectivity index (χ0v) is 12.7. The Labute approximate surface area is 124 Å². The first kappa shape index (κ1) is 15.0. The van der Waals surface area contributed by atoms with E-state index in [9.17, 15) is 0 Å². The standard InChI is InChI=1S/C13H22N8/c1-4-20(5-2)13-18-11(14)17-12(19-13)15-6-7-21-9-10(3)8-16-21/h8-9H,4-7H2,1-3H3,(H3,14,15,17,18,19). The first-order chi connectivity index (χ1) is 10.1. The Kier molecular flexibility index (Phi) is 4.91. The first-order valence-electron chi connectivity index (χ1n) is 7.11. The molecule has 114 valence electrons. The molecule has 0 atom stereocenters. The van der Waals surface area contributed by atoms with Gasteiger partial charge in [-0.3, -0.25) is 4.68 Å². The molecule has 0 aliphatic heterocycles. The van der Waals surface area contributed by atoms with Crippen LogP contribution in [0.1, 0.15) is 19.4 Å². The number of nitrogens with one attached hydrogen (secondary N) is 1. The average Bonchev–Trinajstić information content (AvgIpc) is 2.85. The molecule has 2 heterocycles. The highest BCUT2D eigenvalue weighted by Gasteiger charge is 2.09.